The van der Waals surface area contributed by atoms with E-state index in [2.05, 4.69) is 13.2 Å². The minimum Gasteiger partial charge on any atom is -0.461 e. The number of hydrogen-bond acceptors (Lipinski definition) is 6. The largest absolute Gasteiger partial charge is 0.461 e. The highest BCUT2D eigenvalue weighted by atomic mass is 16.6. The first-order chi connectivity index (χ1) is 19.3. The second-order valence-electron chi connectivity index (χ2n) is 10.9. The van der Waals surface area contributed by atoms with Crippen LogP contribution in [0.25, 0.3) is 0 Å². The molecule has 40 heavy (non-hydrogen) atoms. The van der Waals surface area contributed by atoms with Gasteiger partial charge in [0.15, 0.2) is 0 Å². The van der Waals surface area contributed by atoms with Crippen LogP contribution in [0, 0.1) is 25.7 Å². The monoisotopic (exact) mass is 544 g/mol. The van der Waals surface area contributed by atoms with Crippen LogP contribution in [0.2, 0.25) is 0 Å². The molecule has 0 aliphatic carbocycles. The van der Waals surface area contributed by atoms with E-state index in [1.807, 2.05) is 62.4 Å². The molecule has 3 aliphatic rings. The van der Waals surface area contributed by atoms with Gasteiger partial charge in [0.2, 0.25) is 5.91 Å². The van der Waals surface area contributed by atoms with E-state index in [0.717, 1.165) is 11.1 Å². The molecule has 0 radical (unpaired) electrons. The predicted octanol–water partition coefficient (Wildman–Crippen LogP) is 3.66. The standard InChI is InChI=1S/C32H36N2O6/c1-5-16-33(23-18-20(3)12-13-21(23)4)30(37)28-32-15-14-25(40-32)26(31(38)39-17-6-2)27(32)29(36)34(28)24(19-35)22-10-8-7-9-11-22/h5-13,18,24-28,35H,1-2,14-17,19H2,3-4H3/t24-,25-,26+,27+,28?,32?/m1/s1. The van der Waals surface area contributed by atoms with E-state index >= 15 is 0 Å². The van der Waals surface area contributed by atoms with Crippen molar-refractivity contribution in [2.45, 2.75) is 50.5 Å². The first-order valence-electron chi connectivity index (χ1n) is 13.7. The van der Waals surface area contributed by atoms with Crippen molar-refractivity contribution < 1.29 is 29.0 Å². The lowest BCUT2D eigenvalue weighted by Gasteiger charge is -2.39. The number of rotatable bonds is 10. The van der Waals surface area contributed by atoms with Gasteiger partial charge in [0, 0.05) is 12.2 Å². The van der Waals surface area contributed by atoms with Crippen LogP contribution in [-0.4, -0.2) is 65.3 Å². The minimum atomic E-state index is -1.23. The zero-order chi connectivity index (χ0) is 28.6. The number of carbonyl (C=O) groups excluding carboxylic acids is 3. The summed E-state index contributed by atoms with van der Waals surface area (Å²) in [5, 5.41) is 10.6. The summed E-state index contributed by atoms with van der Waals surface area (Å²) < 4.78 is 11.9. The number of nitrogens with zero attached hydrogens (tertiary/aromatic N) is 2. The average molecular weight is 545 g/mol. The fourth-order valence-corrected chi connectivity index (χ4v) is 6.83. The number of aliphatic hydroxyl groups excluding tert-OH is 1. The van der Waals surface area contributed by atoms with Gasteiger partial charge in [0.1, 0.15) is 18.2 Å². The van der Waals surface area contributed by atoms with Crippen LogP contribution in [0.4, 0.5) is 5.69 Å². The number of benzene rings is 2. The van der Waals surface area contributed by atoms with Gasteiger partial charge in [-0.1, -0.05) is 61.2 Å². The molecule has 2 aromatic carbocycles. The van der Waals surface area contributed by atoms with Crippen molar-refractivity contribution in [3.05, 3.63) is 90.5 Å². The zero-order valence-electron chi connectivity index (χ0n) is 23.0. The molecule has 3 saturated heterocycles. The maximum Gasteiger partial charge on any atom is 0.312 e. The number of fused-ring (bicyclic) bond motifs is 1. The first kappa shape index (κ1) is 27.8. The van der Waals surface area contributed by atoms with Crippen molar-refractivity contribution in [1.82, 2.24) is 4.90 Å². The number of carbonyl (C=O) groups is 3. The molecule has 1 spiro atoms. The maximum absolute atomic E-state index is 14.8. The molecule has 0 saturated carbocycles. The SMILES string of the molecule is C=CCOC(=O)[C@@H]1[C@H]2C(=O)N([C@H](CO)c3ccccc3)C(C(=O)N(CC=C)c3cc(C)ccc3C)C23CC[C@H]1O3. The molecule has 2 unspecified atom stereocenters. The lowest BCUT2D eigenvalue weighted by atomic mass is 9.70. The van der Waals surface area contributed by atoms with Crippen molar-refractivity contribution in [3.63, 3.8) is 0 Å². The number of hydrogen-bond donors (Lipinski definition) is 1. The minimum absolute atomic E-state index is 0.0189. The smallest absolute Gasteiger partial charge is 0.312 e. The Hall–Kier alpha value is -3.75. The van der Waals surface area contributed by atoms with E-state index in [1.165, 1.54) is 11.0 Å². The van der Waals surface area contributed by atoms with E-state index in [4.69, 9.17) is 9.47 Å². The molecule has 210 valence electrons. The Labute approximate surface area is 234 Å². The van der Waals surface area contributed by atoms with Crippen LogP contribution >= 0.6 is 0 Å². The highest BCUT2D eigenvalue weighted by molar-refractivity contribution is 6.05. The van der Waals surface area contributed by atoms with Crippen LogP contribution in [0.5, 0.6) is 0 Å². The molecule has 1 N–H and O–H groups in total. The van der Waals surface area contributed by atoms with E-state index in [-0.39, 0.29) is 25.0 Å². The molecular formula is C32H36N2O6. The van der Waals surface area contributed by atoms with Gasteiger partial charge in [0.05, 0.1) is 30.6 Å². The number of anilines is 1. The van der Waals surface area contributed by atoms with Gasteiger partial charge >= 0.3 is 5.97 Å². The first-order valence-corrected chi connectivity index (χ1v) is 13.7. The number of likely N-dealkylation sites (tertiary alicyclic amines) is 1. The van der Waals surface area contributed by atoms with Gasteiger partial charge in [-0.2, -0.15) is 0 Å². The Morgan fingerprint density at radius 3 is 2.62 bits per heavy atom. The highest BCUT2D eigenvalue weighted by Crippen LogP contribution is 2.60. The topological polar surface area (TPSA) is 96.4 Å². The van der Waals surface area contributed by atoms with E-state index < -0.39 is 48.2 Å². The van der Waals surface area contributed by atoms with Crippen molar-refractivity contribution in [3.8, 4) is 0 Å². The second-order valence-corrected chi connectivity index (χ2v) is 10.9. The normalized spacial score (nSPS) is 27.3. The van der Waals surface area contributed by atoms with Gasteiger partial charge in [-0.25, -0.2) is 0 Å². The molecule has 3 heterocycles. The van der Waals surface area contributed by atoms with Gasteiger partial charge in [-0.15, -0.1) is 6.58 Å². The predicted molar refractivity (Wildman–Crippen MR) is 150 cm³/mol. The Morgan fingerprint density at radius 2 is 1.95 bits per heavy atom. The summed E-state index contributed by atoms with van der Waals surface area (Å²) in [7, 11) is 0. The lowest BCUT2D eigenvalue weighted by molar-refractivity contribution is -0.154. The molecule has 2 aromatic rings. The molecular weight excluding hydrogens is 508 g/mol. The van der Waals surface area contributed by atoms with Gasteiger partial charge < -0.3 is 24.4 Å². The van der Waals surface area contributed by atoms with Gasteiger partial charge in [0.25, 0.3) is 5.91 Å². The van der Waals surface area contributed by atoms with Crippen molar-refractivity contribution >= 4 is 23.5 Å². The van der Waals surface area contributed by atoms with Crippen LogP contribution < -0.4 is 4.90 Å². The molecule has 6 atom stereocenters. The van der Waals surface area contributed by atoms with E-state index in [9.17, 15) is 19.5 Å². The molecule has 0 aromatic heterocycles. The van der Waals surface area contributed by atoms with Crippen molar-refractivity contribution in [2.75, 3.05) is 24.7 Å². The molecule has 8 heteroatoms. The van der Waals surface area contributed by atoms with Crippen LogP contribution in [0.3, 0.4) is 0 Å². The molecule has 5 rings (SSSR count). The van der Waals surface area contributed by atoms with Crippen molar-refractivity contribution in [1.29, 1.82) is 0 Å². The van der Waals surface area contributed by atoms with E-state index in [1.54, 1.807) is 11.0 Å². The number of esters is 1. The van der Waals surface area contributed by atoms with Crippen molar-refractivity contribution in [2.24, 2.45) is 11.8 Å². The summed E-state index contributed by atoms with van der Waals surface area (Å²) in [4.78, 5) is 45.5. The maximum atomic E-state index is 14.8. The molecule has 8 nitrogen and oxygen atoms in total. The molecule has 2 amide bonds. The number of aliphatic hydroxyl groups is 1. The Morgan fingerprint density at radius 1 is 1.20 bits per heavy atom. The fraction of sp³-hybridized carbons (Fsp3) is 0.406. The summed E-state index contributed by atoms with van der Waals surface area (Å²) in [5.74, 6) is -3.00. The van der Waals surface area contributed by atoms with Crippen LogP contribution in [0.15, 0.2) is 73.8 Å². The van der Waals surface area contributed by atoms with Crippen LogP contribution in [-0.2, 0) is 23.9 Å². The highest BCUT2D eigenvalue weighted by Gasteiger charge is 2.75. The Balaban J connectivity index is 1.65. The van der Waals surface area contributed by atoms with Crippen LogP contribution in [0.1, 0.15) is 35.6 Å². The van der Waals surface area contributed by atoms with Gasteiger partial charge in [-0.05, 0) is 49.4 Å². The zero-order valence-corrected chi connectivity index (χ0v) is 23.0. The quantitative estimate of drug-likeness (QED) is 0.362. The molecule has 3 fully saturated rings. The number of ether oxygens (including phenoxy) is 2. The second kappa shape index (κ2) is 11.0. The third-order valence-corrected chi connectivity index (χ3v) is 8.51. The summed E-state index contributed by atoms with van der Waals surface area (Å²) in [6.07, 6.45) is 3.56. The Kier molecular flexibility index (Phi) is 7.66. The Bertz CT molecular complexity index is 1330. The lowest BCUT2D eigenvalue weighted by Crippen LogP contribution is -2.57. The fourth-order valence-electron chi connectivity index (χ4n) is 6.83. The molecule has 3 aliphatic heterocycles. The van der Waals surface area contributed by atoms with E-state index in [0.29, 0.717) is 24.1 Å². The summed E-state index contributed by atoms with van der Waals surface area (Å²) in [6.45, 7) is 11.2. The third kappa shape index (κ3) is 4.35. The van der Waals surface area contributed by atoms with Gasteiger partial charge in [-0.3, -0.25) is 14.4 Å². The summed E-state index contributed by atoms with van der Waals surface area (Å²) >= 11 is 0. The summed E-state index contributed by atoms with van der Waals surface area (Å²) in [5.41, 5.74) is 2.06. The number of aryl methyl sites for hydroxylation is 2. The average Bonchev–Trinajstić information content (AvgIpc) is 3.60. The molecule has 2 bridgehead atoms. The number of amides is 2. The third-order valence-electron chi connectivity index (χ3n) is 8.51. The summed E-state index contributed by atoms with van der Waals surface area (Å²) in [6, 6.07) is 13.1.